The van der Waals surface area contributed by atoms with E-state index in [4.69, 9.17) is 0 Å². The van der Waals surface area contributed by atoms with Crippen LogP contribution >= 0.6 is 15.9 Å². The highest BCUT2D eigenvalue weighted by atomic mass is 79.9. The average Bonchev–Trinajstić information content (AvgIpc) is 2.14. The Bertz CT molecular complexity index is 336. The molecule has 1 N–H and O–H groups in total. The first-order valence-corrected chi connectivity index (χ1v) is 5.30. The first kappa shape index (κ1) is 12.4. The predicted octanol–water partition coefficient (Wildman–Crippen LogP) is 3.99. The molecular formula is C10H11BrF3N. The van der Waals surface area contributed by atoms with Crippen molar-refractivity contribution in [1.29, 1.82) is 0 Å². The standard InChI is InChI=1S/C10H11BrF3N/c1-2-7-5-8(11)3-4-9(7)15-6-10(12,13)14/h3-5,15H,2,6H2,1H3. The Morgan fingerprint density at radius 3 is 2.53 bits per heavy atom. The Balaban J connectivity index is 2.76. The van der Waals surface area contributed by atoms with Gasteiger partial charge in [0.25, 0.3) is 0 Å². The number of hydrogen-bond donors (Lipinski definition) is 1. The molecule has 0 heterocycles. The zero-order valence-corrected chi connectivity index (χ0v) is 9.74. The summed E-state index contributed by atoms with van der Waals surface area (Å²) in [5.74, 6) is 0. The third kappa shape index (κ3) is 4.11. The van der Waals surface area contributed by atoms with Gasteiger partial charge in [-0.3, -0.25) is 0 Å². The maximum atomic E-state index is 12.0. The van der Waals surface area contributed by atoms with Gasteiger partial charge in [-0.15, -0.1) is 0 Å². The maximum Gasteiger partial charge on any atom is 0.405 e. The SMILES string of the molecule is CCc1cc(Br)ccc1NCC(F)(F)F. The lowest BCUT2D eigenvalue weighted by molar-refractivity contribution is -0.115. The van der Waals surface area contributed by atoms with Crippen LogP contribution in [0.1, 0.15) is 12.5 Å². The van der Waals surface area contributed by atoms with Crippen LogP contribution in [-0.4, -0.2) is 12.7 Å². The van der Waals surface area contributed by atoms with E-state index in [0.29, 0.717) is 12.1 Å². The molecule has 1 aromatic carbocycles. The summed E-state index contributed by atoms with van der Waals surface area (Å²) < 4.78 is 36.8. The minimum absolute atomic E-state index is 0.540. The summed E-state index contributed by atoms with van der Waals surface area (Å²) in [6.07, 6.45) is -3.49. The first-order chi connectivity index (χ1) is 6.92. The highest BCUT2D eigenvalue weighted by molar-refractivity contribution is 9.10. The van der Waals surface area contributed by atoms with Crippen LogP contribution in [0.4, 0.5) is 18.9 Å². The summed E-state index contributed by atoms with van der Waals surface area (Å²) >= 11 is 3.28. The monoisotopic (exact) mass is 281 g/mol. The molecule has 1 nitrogen and oxygen atoms in total. The van der Waals surface area contributed by atoms with E-state index >= 15 is 0 Å². The summed E-state index contributed by atoms with van der Waals surface area (Å²) in [6, 6.07) is 5.19. The third-order valence-electron chi connectivity index (χ3n) is 1.93. The lowest BCUT2D eigenvalue weighted by Crippen LogP contribution is -2.21. The normalized spacial score (nSPS) is 11.5. The molecule has 1 aromatic rings. The van der Waals surface area contributed by atoms with Crippen molar-refractivity contribution in [2.24, 2.45) is 0 Å². The van der Waals surface area contributed by atoms with Crippen molar-refractivity contribution < 1.29 is 13.2 Å². The molecule has 1 rings (SSSR count). The van der Waals surface area contributed by atoms with Gasteiger partial charge in [0.15, 0.2) is 0 Å². The highest BCUT2D eigenvalue weighted by Crippen LogP contribution is 2.23. The minimum atomic E-state index is -4.18. The first-order valence-electron chi connectivity index (χ1n) is 4.51. The minimum Gasteiger partial charge on any atom is -0.376 e. The molecule has 0 fully saturated rings. The quantitative estimate of drug-likeness (QED) is 0.884. The maximum absolute atomic E-state index is 12.0. The highest BCUT2D eigenvalue weighted by Gasteiger charge is 2.26. The van der Waals surface area contributed by atoms with E-state index in [0.717, 1.165) is 10.0 Å². The lowest BCUT2D eigenvalue weighted by Gasteiger charge is -2.13. The fraction of sp³-hybridized carbons (Fsp3) is 0.400. The van der Waals surface area contributed by atoms with Gasteiger partial charge in [0.1, 0.15) is 6.54 Å². The second kappa shape index (κ2) is 4.88. The van der Waals surface area contributed by atoms with Gasteiger partial charge in [-0.05, 0) is 30.2 Å². The van der Waals surface area contributed by atoms with E-state index in [1.165, 1.54) is 0 Å². The van der Waals surface area contributed by atoms with Gasteiger partial charge in [-0.2, -0.15) is 13.2 Å². The number of alkyl halides is 3. The number of benzene rings is 1. The molecule has 0 radical (unpaired) electrons. The summed E-state index contributed by atoms with van der Waals surface area (Å²) in [4.78, 5) is 0. The topological polar surface area (TPSA) is 12.0 Å². The van der Waals surface area contributed by atoms with E-state index in [1.807, 2.05) is 13.0 Å². The molecule has 0 aliphatic rings. The molecule has 0 amide bonds. The van der Waals surface area contributed by atoms with Gasteiger partial charge in [0.2, 0.25) is 0 Å². The van der Waals surface area contributed by atoms with Crippen molar-refractivity contribution in [3.63, 3.8) is 0 Å². The van der Waals surface area contributed by atoms with Gasteiger partial charge in [-0.25, -0.2) is 0 Å². The zero-order valence-electron chi connectivity index (χ0n) is 8.16. The molecular weight excluding hydrogens is 271 g/mol. The van der Waals surface area contributed by atoms with E-state index < -0.39 is 12.7 Å². The van der Waals surface area contributed by atoms with Crippen LogP contribution in [-0.2, 0) is 6.42 Å². The van der Waals surface area contributed by atoms with E-state index in [9.17, 15) is 13.2 Å². The summed E-state index contributed by atoms with van der Waals surface area (Å²) in [5.41, 5.74) is 1.41. The Kier molecular flexibility index (Phi) is 4.02. The molecule has 15 heavy (non-hydrogen) atoms. The Labute approximate surface area is 94.8 Å². The van der Waals surface area contributed by atoms with Crippen molar-refractivity contribution in [2.45, 2.75) is 19.5 Å². The fourth-order valence-corrected chi connectivity index (χ4v) is 1.63. The molecule has 0 atom stereocenters. The van der Waals surface area contributed by atoms with Gasteiger partial charge in [-0.1, -0.05) is 22.9 Å². The van der Waals surface area contributed by atoms with Crippen molar-refractivity contribution in [2.75, 3.05) is 11.9 Å². The Morgan fingerprint density at radius 1 is 1.33 bits per heavy atom. The zero-order chi connectivity index (χ0) is 11.5. The molecule has 0 aliphatic heterocycles. The summed E-state index contributed by atoms with van der Waals surface area (Å²) in [7, 11) is 0. The molecule has 5 heteroatoms. The van der Waals surface area contributed by atoms with Crippen molar-refractivity contribution in [3.8, 4) is 0 Å². The van der Waals surface area contributed by atoms with Crippen LogP contribution in [0.3, 0.4) is 0 Å². The van der Waals surface area contributed by atoms with Crippen LogP contribution in [0, 0.1) is 0 Å². The largest absolute Gasteiger partial charge is 0.405 e. The van der Waals surface area contributed by atoms with E-state index in [-0.39, 0.29) is 0 Å². The van der Waals surface area contributed by atoms with Gasteiger partial charge in [0, 0.05) is 10.2 Å². The summed E-state index contributed by atoms with van der Waals surface area (Å²) in [5, 5.41) is 2.39. The number of halogens is 4. The smallest absolute Gasteiger partial charge is 0.376 e. The number of hydrogen-bond acceptors (Lipinski definition) is 1. The van der Waals surface area contributed by atoms with Gasteiger partial charge < -0.3 is 5.32 Å². The van der Waals surface area contributed by atoms with Crippen molar-refractivity contribution in [1.82, 2.24) is 0 Å². The molecule has 0 bridgehead atoms. The summed E-state index contributed by atoms with van der Waals surface area (Å²) in [6.45, 7) is 0.905. The third-order valence-corrected chi connectivity index (χ3v) is 2.42. The second-order valence-corrected chi connectivity index (χ2v) is 4.04. The van der Waals surface area contributed by atoms with Gasteiger partial charge >= 0.3 is 6.18 Å². The molecule has 0 saturated carbocycles. The molecule has 0 unspecified atom stereocenters. The van der Waals surface area contributed by atoms with E-state index in [2.05, 4.69) is 21.2 Å². The van der Waals surface area contributed by atoms with Crippen LogP contribution in [0.15, 0.2) is 22.7 Å². The van der Waals surface area contributed by atoms with Crippen molar-refractivity contribution in [3.05, 3.63) is 28.2 Å². The molecule has 0 spiro atoms. The number of anilines is 1. The molecule has 0 saturated heterocycles. The van der Waals surface area contributed by atoms with Gasteiger partial charge in [0.05, 0.1) is 0 Å². The Morgan fingerprint density at radius 2 is 2.00 bits per heavy atom. The van der Waals surface area contributed by atoms with E-state index in [1.54, 1.807) is 12.1 Å². The van der Waals surface area contributed by atoms with Crippen LogP contribution in [0.2, 0.25) is 0 Å². The number of nitrogens with one attached hydrogen (secondary N) is 1. The number of aryl methyl sites for hydroxylation is 1. The molecule has 0 aromatic heterocycles. The fourth-order valence-electron chi connectivity index (χ4n) is 1.22. The van der Waals surface area contributed by atoms with Crippen LogP contribution in [0.25, 0.3) is 0 Å². The Hall–Kier alpha value is -0.710. The average molecular weight is 282 g/mol. The predicted molar refractivity (Wildman–Crippen MR) is 58.1 cm³/mol. The molecule has 0 aliphatic carbocycles. The second-order valence-electron chi connectivity index (χ2n) is 3.12. The molecule has 84 valence electrons. The van der Waals surface area contributed by atoms with Crippen LogP contribution < -0.4 is 5.32 Å². The number of rotatable bonds is 3. The van der Waals surface area contributed by atoms with Crippen molar-refractivity contribution >= 4 is 21.6 Å². The van der Waals surface area contributed by atoms with Crippen LogP contribution in [0.5, 0.6) is 0 Å². The lowest BCUT2D eigenvalue weighted by atomic mass is 10.1.